The van der Waals surface area contributed by atoms with Gasteiger partial charge in [-0.3, -0.25) is 0 Å². The molecular weight excluding hydrogens is 286 g/mol. The topological polar surface area (TPSA) is 0 Å². The van der Waals surface area contributed by atoms with Gasteiger partial charge in [-0.25, -0.2) is 0 Å². The Hall–Kier alpha value is 2.23. The summed E-state index contributed by atoms with van der Waals surface area (Å²) >= 11 is -0.556. The summed E-state index contributed by atoms with van der Waals surface area (Å²) in [5.74, 6) is 0. The van der Waals surface area contributed by atoms with Crippen molar-refractivity contribution in [2.45, 2.75) is 0 Å². The molecular formula is HCl2IrNa. The Morgan fingerprint density at radius 1 is 1.25 bits per heavy atom. The monoisotopic (exact) mass is 287 g/mol. The molecule has 0 rings (SSSR count). The average molecular weight is 287 g/mol. The molecule has 0 fully saturated rings. The molecule has 25 valence electrons. The van der Waals surface area contributed by atoms with Crippen LogP contribution < -0.4 is 0 Å². The van der Waals surface area contributed by atoms with Crippen LogP contribution in [0.25, 0.3) is 0 Å². The molecule has 0 atom stereocenters. The van der Waals surface area contributed by atoms with Crippen molar-refractivity contribution in [1.82, 2.24) is 0 Å². The SMILES string of the molecule is [Cl][Ir][Cl].[NaH]. The Balaban J connectivity index is 0. The van der Waals surface area contributed by atoms with Crippen molar-refractivity contribution in [3.05, 3.63) is 0 Å². The first-order valence-corrected chi connectivity index (χ1v) is 6.19. The van der Waals surface area contributed by atoms with E-state index < -0.39 is 15.7 Å². The molecule has 0 nitrogen and oxygen atoms in total. The van der Waals surface area contributed by atoms with Crippen molar-refractivity contribution < 1.29 is 15.7 Å². The van der Waals surface area contributed by atoms with Crippen LogP contribution in [0.2, 0.25) is 0 Å². The van der Waals surface area contributed by atoms with Gasteiger partial charge >= 0.3 is 64.4 Å². The van der Waals surface area contributed by atoms with E-state index in [1.807, 2.05) is 0 Å². The first kappa shape index (κ1) is 9.52. The third kappa shape index (κ3) is 8.87. The summed E-state index contributed by atoms with van der Waals surface area (Å²) in [6, 6.07) is 0. The summed E-state index contributed by atoms with van der Waals surface area (Å²) in [5, 5.41) is 0. The zero-order chi connectivity index (χ0) is 2.71. The molecule has 0 aromatic rings. The molecule has 0 amide bonds. The fourth-order valence-electron chi connectivity index (χ4n) is 0. The Bertz CT molecular complexity index is 6.00. The molecule has 0 bridgehead atoms. The standard InChI is InChI=1S/2ClH.Ir.Na.H/h2*1H;;;/q;;+2;;/p-2. The van der Waals surface area contributed by atoms with E-state index in [4.69, 9.17) is 19.2 Å². The van der Waals surface area contributed by atoms with Gasteiger partial charge in [0.25, 0.3) is 0 Å². The Labute approximate surface area is 63.5 Å². The summed E-state index contributed by atoms with van der Waals surface area (Å²) in [6.45, 7) is 0. The Kier molecular flexibility index (Phi) is 21.4. The second-order valence-electron chi connectivity index (χ2n) is 0.0476. The Morgan fingerprint density at radius 2 is 1.25 bits per heavy atom. The van der Waals surface area contributed by atoms with Crippen LogP contribution in [-0.4, -0.2) is 29.6 Å². The van der Waals surface area contributed by atoms with Gasteiger partial charge < -0.3 is 0 Å². The maximum absolute atomic E-state index is 4.89. The van der Waals surface area contributed by atoms with Crippen molar-refractivity contribution in [3.8, 4) is 0 Å². The van der Waals surface area contributed by atoms with Crippen molar-refractivity contribution in [2.75, 3.05) is 0 Å². The van der Waals surface area contributed by atoms with Gasteiger partial charge in [0.15, 0.2) is 0 Å². The quantitative estimate of drug-likeness (QED) is 0.576. The van der Waals surface area contributed by atoms with Crippen LogP contribution in [0.15, 0.2) is 0 Å². The van der Waals surface area contributed by atoms with Crippen molar-refractivity contribution in [3.63, 3.8) is 0 Å². The van der Waals surface area contributed by atoms with E-state index in [-0.39, 0.29) is 29.6 Å². The van der Waals surface area contributed by atoms with Gasteiger partial charge in [0, 0.05) is 0 Å². The van der Waals surface area contributed by atoms with E-state index in [1.54, 1.807) is 0 Å². The molecule has 0 saturated carbocycles. The van der Waals surface area contributed by atoms with Gasteiger partial charge in [-0.15, -0.1) is 0 Å². The second-order valence-corrected chi connectivity index (χ2v) is 3.51. The van der Waals surface area contributed by atoms with Crippen LogP contribution in [0.3, 0.4) is 0 Å². The molecule has 0 aromatic heterocycles. The summed E-state index contributed by atoms with van der Waals surface area (Å²) < 4.78 is 0. The molecule has 4 heteroatoms. The van der Waals surface area contributed by atoms with Crippen LogP contribution in [0.1, 0.15) is 0 Å². The molecule has 0 radical (unpaired) electrons. The number of rotatable bonds is 0. The maximum atomic E-state index is 4.89. The van der Waals surface area contributed by atoms with Gasteiger partial charge in [-0.05, 0) is 0 Å². The third-order valence-electron chi connectivity index (χ3n) is 0. The molecule has 0 N–H and O–H groups in total. The zero-order valence-electron chi connectivity index (χ0n) is 1.09. The summed E-state index contributed by atoms with van der Waals surface area (Å²) in [5.41, 5.74) is 0. The third-order valence-corrected chi connectivity index (χ3v) is 0. The molecule has 0 aliphatic carbocycles. The summed E-state index contributed by atoms with van der Waals surface area (Å²) in [7, 11) is 9.78. The molecule has 0 unspecified atom stereocenters. The molecule has 0 saturated heterocycles. The fraction of sp³-hybridized carbons (Fsp3) is 0. The summed E-state index contributed by atoms with van der Waals surface area (Å²) in [4.78, 5) is 0. The molecule has 0 heterocycles. The van der Waals surface area contributed by atoms with Crippen LogP contribution >= 0.6 is 19.2 Å². The van der Waals surface area contributed by atoms with Crippen molar-refractivity contribution >= 4 is 48.7 Å². The fourth-order valence-corrected chi connectivity index (χ4v) is 0. The molecule has 0 aliphatic heterocycles. The van der Waals surface area contributed by atoms with Crippen LogP contribution in [0.5, 0.6) is 0 Å². The Morgan fingerprint density at radius 3 is 1.25 bits per heavy atom. The van der Waals surface area contributed by atoms with Gasteiger partial charge in [-0.1, -0.05) is 0 Å². The van der Waals surface area contributed by atoms with Crippen LogP contribution in [-0.2, 0) is 15.7 Å². The number of hydrogen-bond acceptors (Lipinski definition) is 0. The number of halogens is 2. The average Bonchev–Trinajstić information content (AvgIpc) is 0.918. The predicted octanol–water partition coefficient (Wildman–Crippen LogP) is 0.728. The van der Waals surface area contributed by atoms with E-state index in [1.165, 1.54) is 0 Å². The van der Waals surface area contributed by atoms with E-state index in [9.17, 15) is 0 Å². The van der Waals surface area contributed by atoms with Gasteiger partial charge in [0.05, 0.1) is 0 Å². The predicted molar refractivity (Wildman–Crippen MR) is 18.9 cm³/mol. The van der Waals surface area contributed by atoms with Crippen molar-refractivity contribution in [2.24, 2.45) is 0 Å². The molecule has 0 aromatic carbocycles. The van der Waals surface area contributed by atoms with Gasteiger partial charge in [0.1, 0.15) is 0 Å². The summed E-state index contributed by atoms with van der Waals surface area (Å²) in [6.07, 6.45) is 0. The van der Waals surface area contributed by atoms with E-state index in [0.717, 1.165) is 0 Å². The normalized spacial score (nSPS) is 5.50. The minimum atomic E-state index is -0.556. The van der Waals surface area contributed by atoms with E-state index >= 15 is 0 Å². The van der Waals surface area contributed by atoms with Crippen molar-refractivity contribution in [1.29, 1.82) is 0 Å². The first-order chi connectivity index (χ1) is 1.41. The van der Waals surface area contributed by atoms with Crippen LogP contribution in [0.4, 0.5) is 0 Å². The first-order valence-electron chi connectivity index (χ1n) is 0.252. The van der Waals surface area contributed by atoms with Gasteiger partial charge in [-0.2, -0.15) is 0 Å². The van der Waals surface area contributed by atoms with Crippen LogP contribution in [0, 0.1) is 0 Å². The van der Waals surface area contributed by atoms with Gasteiger partial charge in [0.2, 0.25) is 0 Å². The second kappa shape index (κ2) is 8.97. The zero-order valence-corrected chi connectivity index (χ0v) is 5.00. The van der Waals surface area contributed by atoms with E-state index in [0.29, 0.717) is 0 Å². The molecule has 0 aliphatic rings. The molecule has 4 heavy (non-hydrogen) atoms. The van der Waals surface area contributed by atoms with E-state index in [2.05, 4.69) is 0 Å². The minimum absolute atomic E-state index is 0. The number of hydrogen-bond donors (Lipinski definition) is 0. The molecule has 0 spiro atoms.